The number of rotatable bonds is 7. The van der Waals surface area contributed by atoms with Crippen molar-refractivity contribution >= 4 is 11.6 Å². The first-order chi connectivity index (χ1) is 13.8. The molecular formula is C27H30ClF. The third kappa shape index (κ3) is 5.48. The van der Waals surface area contributed by atoms with Crippen molar-refractivity contribution in [3.8, 4) is 0 Å². The highest BCUT2D eigenvalue weighted by Gasteiger charge is 2.16. The van der Waals surface area contributed by atoms with Crippen molar-refractivity contribution in [1.82, 2.24) is 0 Å². The zero-order valence-corrected chi connectivity index (χ0v) is 18.5. The van der Waals surface area contributed by atoms with Gasteiger partial charge in [0.15, 0.2) is 0 Å². The predicted octanol–water partition coefficient (Wildman–Crippen LogP) is 8.29. The van der Waals surface area contributed by atoms with Crippen LogP contribution in [0.15, 0.2) is 66.7 Å². The highest BCUT2D eigenvalue weighted by atomic mass is 35.5. The largest absolute Gasteiger partial charge is 0.207 e. The Morgan fingerprint density at radius 2 is 1.38 bits per heavy atom. The molecule has 0 aliphatic rings. The maximum Gasteiger partial charge on any atom is 0.126 e. The Morgan fingerprint density at radius 1 is 0.724 bits per heavy atom. The van der Waals surface area contributed by atoms with Crippen LogP contribution in [0.25, 0.3) is 0 Å². The van der Waals surface area contributed by atoms with E-state index in [0.717, 1.165) is 34.6 Å². The molecular weight excluding hydrogens is 379 g/mol. The van der Waals surface area contributed by atoms with E-state index >= 15 is 0 Å². The SMILES string of the molecule is CC(C)c1cccc(CC(C)c2cc(CC(C)c3ccccc3Cl)ccc2F)c1. The van der Waals surface area contributed by atoms with Gasteiger partial charge in [-0.25, -0.2) is 4.39 Å². The third-order valence-corrected chi connectivity index (χ3v) is 6.07. The number of halogens is 2. The van der Waals surface area contributed by atoms with Crippen molar-refractivity contribution < 1.29 is 4.39 Å². The Bertz CT molecular complexity index is 960. The molecule has 0 amide bonds. The Kier molecular flexibility index (Phi) is 7.14. The molecule has 3 aromatic rings. The normalized spacial score (nSPS) is 13.5. The summed E-state index contributed by atoms with van der Waals surface area (Å²) in [6.07, 6.45) is 1.67. The van der Waals surface area contributed by atoms with Crippen LogP contribution in [0.2, 0.25) is 5.02 Å². The lowest BCUT2D eigenvalue weighted by Crippen LogP contribution is -2.05. The van der Waals surface area contributed by atoms with Crippen LogP contribution in [0.5, 0.6) is 0 Å². The molecule has 2 heteroatoms. The summed E-state index contributed by atoms with van der Waals surface area (Å²) in [5, 5.41) is 0.792. The number of hydrogen-bond acceptors (Lipinski definition) is 0. The van der Waals surface area contributed by atoms with Gasteiger partial charge in [-0.3, -0.25) is 0 Å². The van der Waals surface area contributed by atoms with Crippen molar-refractivity contribution in [2.24, 2.45) is 0 Å². The lowest BCUT2D eigenvalue weighted by atomic mass is 9.88. The molecule has 0 N–H and O–H groups in total. The molecule has 0 spiro atoms. The van der Waals surface area contributed by atoms with Crippen LogP contribution in [0.3, 0.4) is 0 Å². The van der Waals surface area contributed by atoms with Crippen molar-refractivity contribution in [3.05, 3.63) is 105 Å². The highest BCUT2D eigenvalue weighted by Crippen LogP contribution is 2.30. The van der Waals surface area contributed by atoms with Gasteiger partial charge in [0, 0.05) is 5.02 Å². The van der Waals surface area contributed by atoms with Gasteiger partial charge in [-0.15, -0.1) is 0 Å². The molecule has 0 heterocycles. The first-order valence-electron chi connectivity index (χ1n) is 10.5. The summed E-state index contributed by atoms with van der Waals surface area (Å²) in [5.41, 5.74) is 5.68. The van der Waals surface area contributed by atoms with E-state index in [1.807, 2.05) is 30.3 Å². The van der Waals surface area contributed by atoms with Crippen LogP contribution in [0.4, 0.5) is 4.39 Å². The van der Waals surface area contributed by atoms with Gasteiger partial charge in [0.2, 0.25) is 0 Å². The fourth-order valence-electron chi connectivity index (χ4n) is 3.98. The van der Waals surface area contributed by atoms with E-state index in [0.29, 0.717) is 5.92 Å². The van der Waals surface area contributed by atoms with Gasteiger partial charge in [-0.2, -0.15) is 0 Å². The maximum absolute atomic E-state index is 14.6. The maximum atomic E-state index is 14.6. The van der Waals surface area contributed by atoms with Crippen LogP contribution in [-0.4, -0.2) is 0 Å². The minimum absolute atomic E-state index is 0.119. The van der Waals surface area contributed by atoms with Crippen molar-refractivity contribution in [1.29, 1.82) is 0 Å². The molecule has 0 aromatic heterocycles. The van der Waals surface area contributed by atoms with E-state index in [1.54, 1.807) is 6.07 Å². The first-order valence-corrected chi connectivity index (χ1v) is 10.8. The third-order valence-electron chi connectivity index (χ3n) is 5.73. The molecule has 0 aliphatic carbocycles. The predicted molar refractivity (Wildman–Crippen MR) is 123 cm³/mol. The Morgan fingerprint density at radius 3 is 2.07 bits per heavy atom. The molecule has 0 saturated heterocycles. The summed E-state index contributed by atoms with van der Waals surface area (Å²) >= 11 is 6.36. The van der Waals surface area contributed by atoms with E-state index < -0.39 is 0 Å². The van der Waals surface area contributed by atoms with E-state index in [4.69, 9.17) is 11.6 Å². The summed E-state index contributed by atoms with van der Waals surface area (Å²) in [6, 6.07) is 22.2. The van der Waals surface area contributed by atoms with Crippen LogP contribution in [-0.2, 0) is 12.8 Å². The lowest BCUT2D eigenvalue weighted by molar-refractivity contribution is 0.585. The fourth-order valence-corrected chi connectivity index (χ4v) is 4.30. The summed E-state index contributed by atoms with van der Waals surface area (Å²) in [7, 11) is 0. The van der Waals surface area contributed by atoms with Gasteiger partial charge in [0.05, 0.1) is 0 Å². The zero-order valence-electron chi connectivity index (χ0n) is 17.8. The topological polar surface area (TPSA) is 0 Å². The zero-order chi connectivity index (χ0) is 21.0. The fraction of sp³-hybridized carbons (Fsp3) is 0.333. The second kappa shape index (κ2) is 9.59. The van der Waals surface area contributed by atoms with E-state index in [1.165, 1.54) is 11.1 Å². The molecule has 3 rings (SSSR count). The van der Waals surface area contributed by atoms with E-state index in [-0.39, 0.29) is 17.7 Å². The smallest absolute Gasteiger partial charge is 0.126 e. The van der Waals surface area contributed by atoms with Crippen LogP contribution in [0.1, 0.15) is 73.3 Å². The second-order valence-electron chi connectivity index (χ2n) is 8.49. The van der Waals surface area contributed by atoms with Crippen LogP contribution >= 0.6 is 11.6 Å². The molecule has 3 aromatic carbocycles. The lowest BCUT2D eigenvalue weighted by Gasteiger charge is -2.18. The average Bonchev–Trinajstić information content (AvgIpc) is 2.69. The van der Waals surface area contributed by atoms with Crippen molar-refractivity contribution in [3.63, 3.8) is 0 Å². The molecule has 152 valence electrons. The number of hydrogen-bond donors (Lipinski definition) is 0. The summed E-state index contributed by atoms with van der Waals surface area (Å²) in [4.78, 5) is 0. The molecule has 2 unspecified atom stereocenters. The highest BCUT2D eigenvalue weighted by molar-refractivity contribution is 6.31. The molecule has 29 heavy (non-hydrogen) atoms. The Hall–Kier alpha value is -2.12. The van der Waals surface area contributed by atoms with Gasteiger partial charge in [0.1, 0.15) is 5.82 Å². The minimum Gasteiger partial charge on any atom is -0.207 e. The van der Waals surface area contributed by atoms with Gasteiger partial charge < -0.3 is 0 Å². The number of benzene rings is 3. The quantitative estimate of drug-likeness (QED) is 0.368. The molecule has 0 bridgehead atoms. The molecule has 0 nitrogen and oxygen atoms in total. The van der Waals surface area contributed by atoms with Gasteiger partial charge in [-0.1, -0.05) is 93.9 Å². The molecule has 0 saturated carbocycles. The molecule has 0 radical (unpaired) electrons. The summed E-state index contributed by atoms with van der Waals surface area (Å²) in [5.74, 6) is 0.774. The summed E-state index contributed by atoms with van der Waals surface area (Å²) in [6.45, 7) is 8.69. The van der Waals surface area contributed by atoms with Gasteiger partial charge in [0.25, 0.3) is 0 Å². The minimum atomic E-state index is -0.119. The second-order valence-corrected chi connectivity index (χ2v) is 8.89. The van der Waals surface area contributed by atoms with E-state index in [9.17, 15) is 4.39 Å². The first kappa shape index (κ1) is 21.6. The van der Waals surface area contributed by atoms with E-state index in [2.05, 4.69) is 58.0 Å². The standard InChI is InChI=1S/C27H30ClF/c1-18(2)23-9-7-8-21(16-23)15-20(4)25-17-22(12-13-27(25)29)14-19(3)24-10-5-6-11-26(24)28/h5-13,16-20H,14-15H2,1-4H3. The van der Waals surface area contributed by atoms with Crippen LogP contribution < -0.4 is 0 Å². The Labute approximate surface area is 179 Å². The monoisotopic (exact) mass is 408 g/mol. The molecule has 2 atom stereocenters. The van der Waals surface area contributed by atoms with Gasteiger partial charge in [-0.05, 0) is 70.5 Å². The van der Waals surface area contributed by atoms with Gasteiger partial charge >= 0.3 is 0 Å². The van der Waals surface area contributed by atoms with Crippen LogP contribution in [0, 0.1) is 5.82 Å². The van der Waals surface area contributed by atoms with Crippen molar-refractivity contribution in [2.45, 2.75) is 58.3 Å². The Balaban J connectivity index is 1.78. The molecule has 0 aliphatic heterocycles. The summed E-state index contributed by atoms with van der Waals surface area (Å²) < 4.78 is 14.6. The molecule has 0 fully saturated rings. The average molecular weight is 409 g/mol. The van der Waals surface area contributed by atoms with Crippen molar-refractivity contribution in [2.75, 3.05) is 0 Å².